The molecule has 0 fully saturated rings. The van der Waals surface area contributed by atoms with Gasteiger partial charge in [-0.1, -0.05) is 20.7 Å². The minimum atomic E-state index is 0.409. The average Bonchev–Trinajstić information content (AvgIpc) is 1.95. The van der Waals surface area contributed by atoms with Gasteiger partial charge in [-0.05, 0) is 30.5 Å². The lowest BCUT2D eigenvalue weighted by Crippen LogP contribution is -1.91. The van der Waals surface area contributed by atoms with Crippen molar-refractivity contribution in [3.63, 3.8) is 0 Å². The van der Waals surface area contributed by atoms with E-state index in [1.165, 1.54) is 5.30 Å². The van der Waals surface area contributed by atoms with Gasteiger partial charge >= 0.3 is 0 Å². The third-order valence-electron chi connectivity index (χ3n) is 1.50. The molecular weight excluding hydrogens is 143 g/mol. The van der Waals surface area contributed by atoms with E-state index in [-0.39, 0.29) is 0 Å². The Kier molecular flexibility index (Phi) is 2.29. The van der Waals surface area contributed by atoms with Crippen LogP contribution in [-0.2, 0) is 0 Å². The third-order valence-corrected chi connectivity index (χ3v) is 2.39. The lowest BCUT2D eigenvalue weighted by molar-refractivity contribution is 0.471. The summed E-state index contributed by atoms with van der Waals surface area (Å²) in [5, 5.41) is 10.4. The molecule has 10 heavy (non-hydrogen) atoms. The first kappa shape index (κ1) is 7.56. The van der Waals surface area contributed by atoms with Crippen LogP contribution in [0.5, 0.6) is 5.75 Å². The molecule has 1 atom stereocenters. The van der Waals surface area contributed by atoms with Crippen LogP contribution >= 0.6 is 8.58 Å². The second-order valence-corrected chi connectivity index (χ2v) is 3.33. The normalized spacial score (nSPS) is 11.0. The van der Waals surface area contributed by atoms with E-state index in [4.69, 9.17) is 0 Å². The zero-order valence-corrected chi connectivity index (χ0v) is 7.18. The Labute approximate surface area is 62.9 Å². The smallest absolute Gasteiger partial charge is 0.119 e. The lowest BCUT2D eigenvalue weighted by atomic mass is 10.2. The van der Waals surface area contributed by atoms with Crippen LogP contribution in [0.3, 0.4) is 0 Å². The van der Waals surface area contributed by atoms with Gasteiger partial charge in [0, 0.05) is 0 Å². The fourth-order valence-corrected chi connectivity index (χ4v) is 1.30. The average molecular weight is 154 g/mol. The van der Waals surface area contributed by atoms with Crippen LogP contribution in [0, 0.1) is 6.92 Å². The molecule has 0 aliphatic rings. The highest BCUT2D eigenvalue weighted by Crippen LogP contribution is 2.15. The molecule has 1 rings (SSSR count). The summed E-state index contributed by atoms with van der Waals surface area (Å²) >= 11 is 0. The van der Waals surface area contributed by atoms with Crippen molar-refractivity contribution in [3.05, 3.63) is 23.8 Å². The van der Waals surface area contributed by atoms with E-state index < -0.39 is 0 Å². The maximum absolute atomic E-state index is 9.24. The number of rotatable bonds is 1. The molecular formula is C8H11OP. The summed E-state index contributed by atoms with van der Waals surface area (Å²) < 4.78 is 0. The van der Waals surface area contributed by atoms with Crippen molar-refractivity contribution in [2.75, 3.05) is 6.66 Å². The fourth-order valence-electron chi connectivity index (χ4n) is 0.765. The zero-order chi connectivity index (χ0) is 7.56. The van der Waals surface area contributed by atoms with Crippen LogP contribution < -0.4 is 5.30 Å². The van der Waals surface area contributed by atoms with Gasteiger partial charge in [-0.2, -0.15) is 0 Å². The highest BCUT2D eigenvalue weighted by molar-refractivity contribution is 7.46. The van der Waals surface area contributed by atoms with Gasteiger partial charge in [0.1, 0.15) is 5.75 Å². The second kappa shape index (κ2) is 3.03. The molecule has 1 unspecified atom stereocenters. The van der Waals surface area contributed by atoms with E-state index in [1.54, 1.807) is 0 Å². The topological polar surface area (TPSA) is 20.2 Å². The number of hydrogen-bond acceptors (Lipinski definition) is 1. The summed E-state index contributed by atoms with van der Waals surface area (Å²) in [7, 11) is 0.763. The molecule has 0 saturated carbocycles. The predicted octanol–water partition coefficient (Wildman–Crippen LogP) is 1.63. The van der Waals surface area contributed by atoms with Gasteiger partial charge in [-0.3, -0.25) is 0 Å². The molecule has 0 aliphatic carbocycles. The number of hydrogen-bond donors (Lipinski definition) is 1. The van der Waals surface area contributed by atoms with Gasteiger partial charge in [0.15, 0.2) is 0 Å². The third kappa shape index (κ3) is 1.48. The molecule has 0 heterocycles. The van der Waals surface area contributed by atoms with Crippen molar-refractivity contribution in [3.8, 4) is 5.75 Å². The van der Waals surface area contributed by atoms with E-state index in [2.05, 4.69) is 6.66 Å². The number of aromatic hydroxyl groups is 1. The van der Waals surface area contributed by atoms with Gasteiger partial charge in [0.25, 0.3) is 0 Å². The predicted molar refractivity (Wildman–Crippen MR) is 46.7 cm³/mol. The highest BCUT2D eigenvalue weighted by atomic mass is 31.1. The number of aryl methyl sites for hydroxylation is 1. The second-order valence-electron chi connectivity index (χ2n) is 2.25. The highest BCUT2D eigenvalue weighted by Gasteiger charge is 1.94. The summed E-state index contributed by atoms with van der Waals surface area (Å²) in [4.78, 5) is 0. The van der Waals surface area contributed by atoms with Crippen molar-refractivity contribution in [1.82, 2.24) is 0 Å². The van der Waals surface area contributed by atoms with Crippen molar-refractivity contribution >= 4 is 13.9 Å². The minimum Gasteiger partial charge on any atom is -0.508 e. The van der Waals surface area contributed by atoms with Crippen molar-refractivity contribution < 1.29 is 5.11 Å². The molecule has 1 aromatic carbocycles. The van der Waals surface area contributed by atoms with Gasteiger partial charge in [-0.25, -0.2) is 0 Å². The SMILES string of the molecule is CPc1ccc(C)c(O)c1. The summed E-state index contributed by atoms with van der Waals surface area (Å²) in [6, 6.07) is 5.82. The number of benzene rings is 1. The quantitative estimate of drug-likeness (QED) is 0.609. The van der Waals surface area contributed by atoms with Crippen LogP contribution in [0.15, 0.2) is 18.2 Å². The molecule has 1 N–H and O–H groups in total. The Morgan fingerprint density at radius 2 is 2.10 bits per heavy atom. The van der Waals surface area contributed by atoms with Crippen molar-refractivity contribution in [2.45, 2.75) is 6.92 Å². The minimum absolute atomic E-state index is 0.409. The monoisotopic (exact) mass is 154 g/mol. The first-order valence-electron chi connectivity index (χ1n) is 3.21. The number of phenolic OH excluding ortho intramolecular Hbond substituents is 1. The summed E-state index contributed by atoms with van der Waals surface area (Å²) in [5.74, 6) is 0.409. The number of phenols is 1. The summed E-state index contributed by atoms with van der Waals surface area (Å²) in [6.07, 6.45) is 0. The van der Waals surface area contributed by atoms with E-state index in [9.17, 15) is 5.11 Å². The largest absolute Gasteiger partial charge is 0.508 e. The van der Waals surface area contributed by atoms with Gasteiger partial charge in [0.2, 0.25) is 0 Å². The molecule has 0 aliphatic heterocycles. The first-order valence-corrected chi connectivity index (χ1v) is 4.71. The van der Waals surface area contributed by atoms with E-state index >= 15 is 0 Å². The fraction of sp³-hybridized carbons (Fsp3) is 0.250. The van der Waals surface area contributed by atoms with Crippen LogP contribution in [0.25, 0.3) is 0 Å². The van der Waals surface area contributed by atoms with Crippen molar-refractivity contribution in [2.24, 2.45) is 0 Å². The zero-order valence-electron chi connectivity index (χ0n) is 6.18. The molecule has 0 saturated heterocycles. The Balaban J connectivity index is 3.04. The molecule has 0 amide bonds. The van der Waals surface area contributed by atoms with Crippen molar-refractivity contribution in [1.29, 1.82) is 0 Å². The van der Waals surface area contributed by atoms with Crippen LogP contribution in [-0.4, -0.2) is 11.8 Å². The molecule has 54 valence electrons. The summed E-state index contributed by atoms with van der Waals surface area (Å²) in [5.41, 5.74) is 0.946. The molecule has 0 radical (unpaired) electrons. The Morgan fingerprint density at radius 3 is 2.60 bits per heavy atom. The molecule has 0 bridgehead atoms. The van der Waals surface area contributed by atoms with Gasteiger partial charge < -0.3 is 5.11 Å². The standard InChI is InChI=1S/C8H11OP/c1-6-3-4-7(10-2)5-8(6)9/h3-5,9-10H,1-2H3. The van der Waals surface area contributed by atoms with E-state index in [0.29, 0.717) is 5.75 Å². The van der Waals surface area contributed by atoms with E-state index in [1.807, 2.05) is 25.1 Å². The lowest BCUT2D eigenvalue weighted by Gasteiger charge is -1.99. The Morgan fingerprint density at radius 1 is 1.40 bits per heavy atom. The molecule has 1 nitrogen and oxygen atoms in total. The molecule has 1 aromatic rings. The van der Waals surface area contributed by atoms with Crippen LogP contribution in [0.1, 0.15) is 5.56 Å². The summed E-state index contributed by atoms with van der Waals surface area (Å²) in [6.45, 7) is 4.00. The molecule has 0 spiro atoms. The van der Waals surface area contributed by atoms with Gasteiger partial charge in [0.05, 0.1) is 0 Å². The van der Waals surface area contributed by atoms with Crippen LogP contribution in [0.2, 0.25) is 0 Å². The Hall–Kier alpha value is -0.550. The van der Waals surface area contributed by atoms with Gasteiger partial charge in [-0.15, -0.1) is 0 Å². The first-order chi connectivity index (χ1) is 4.74. The maximum atomic E-state index is 9.24. The Bertz CT molecular complexity index is 233. The molecule has 0 aromatic heterocycles. The van der Waals surface area contributed by atoms with Crippen LogP contribution in [0.4, 0.5) is 0 Å². The maximum Gasteiger partial charge on any atom is 0.119 e. The van der Waals surface area contributed by atoms with E-state index in [0.717, 1.165) is 14.1 Å². The molecule has 2 heteroatoms.